The third-order valence-corrected chi connectivity index (χ3v) is 2.53. The number of amides is 2. The maximum atomic E-state index is 11.6. The molecular weight excluding hydrogens is 248 g/mol. The van der Waals surface area contributed by atoms with Crippen LogP contribution in [0.1, 0.15) is 22.8 Å². The number of carbonyl (C=O) groups is 2. The van der Waals surface area contributed by atoms with Gasteiger partial charge in [-0.1, -0.05) is 12.1 Å². The van der Waals surface area contributed by atoms with Crippen LogP contribution in [0.5, 0.6) is 0 Å². The minimum atomic E-state index is -0.979. The van der Waals surface area contributed by atoms with Gasteiger partial charge < -0.3 is 20.4 Å². The lowest BCUT2D eigenvalue weighted by atomic mass is 10.1. The zero-order chi connectivity index (χ0) is 14.4. The number of aliphatic hydroxyl groups excluding tert-OH is 1. The van der Waals surface area contributed by atoms with Crippen molar-refractivity contribution in [3.63, 3.8) is 0 Å². The minimum absolute atomic E-state index is 0.210. The van der Waals surface area contributed by atoms with Crippen LogP contribution in [0.25, 0.3) is 0 Å². The summed E-state index contributed by atoms with van der Waals surface area (Å²) in [6.07, 6.45) is -0.578. The highest BCUT2D eigenvalue weighted by atomic mass is 16.4. The molecule has 0 heterocycles. The summed E-state index contributed by atoms with van der Waals surface area (Å²) in [6.45, 7) is 2.17. The molecule has 0 aliphatic heterocycles. The Morgan fingerprint density at radius 2 is 1.89 bits per heavy atom. The van der Waals surface area contributed by atoms with E-state index in [2.05, 4.69) is 5.32 Å². The van der Waals surface area contributed by atoms with Gasteiger partial charge in [-0.05, 0) is 24.6 Å². The molecule has 0 radical (unpaired) electrons. The van der Waals surface area contributed by atoms with E-state index in [-0.39, 0.29) is 18.1 Å². The Labute approximate surface area is 111 Å². The molecule has 1 rings (SSSR count). The molecule has 1 unspecified atom stereocenters. The zero-order valence-electron chi connectivity index (χ0n) is 11.0. The number of hydrogen-bond acceptors (Lipinski definition) is 3. The molecule has 0 aliphatic carbocycles. The highest BCUT2D eigenvalue weighted by Gasteiger charge is 2.10. The maximum absolute atomic E-state index is 11.6. The Morgan fingerprint density at radius 1 is 1.32 bits per heavy atom. The van der Waals surface area contributed by atoms with Gasteiger partial charge in [0.05, 0.1) is 11.7 Å². The fourth-order valence-electron chi connectivity index (χ4n) is 1.56. The van der Waals surface area contributed by atoms with E-state index in [1.165, 1.54) is 17.0 Å². The van der Waals surface area contributed by atoms with Crippen LogP contribution in [-0.2, 0) is 6.54 Å². The third-order valence-electron chi connectivity index (χ3n) is 2.53. The van der Waals surface area contributed by atoms with Crippen LogP contribution in [0.2, 0.25) is 0 Å². The SMILES string of the molecule is CC(O)CN(C)C(=O)NCc1ccc(C(=O)O)cc1. The minimum Gasteiger partial charge on any atom is -0.478 e. The molecule has 6 nitrogen and oxygen atoms in total. The lowest BCUT2D eigenvalue weighted by Crippen LogP contribution is -2.40. The summed E-state index contributed by atoms with van der Waals surface area (Å²) in [4.78, 5) is 23.7. The summed E-state index contributed by atoms with van der Waals surface area (Å²) in [5.74, 6) is -0.979. The van der Waals surface area contributed by atoms with Gasteiger partial charge in [-0.3, -0.25) is 0 Å². The number of carbonyl (C=O) groups excluding carboxylic acids is 1. The molecule has 1 atom stereocenters. The van der Waals surface area contributed by atoms with Crippen molar-refractivity contribution in [1.29, 1.82) is 0 Å². The third kappa shape index (κ3) is 4.97. The molecule has 0 spiro atoms. The topological polar surface area (TPSA) is 89.9 Å². The van der Waals surface area contributed by atoms with Gasteiger partial charge in [0.1, 0.15) is 0 Å². The summed E-state index contributed by atoms with van der Waals surface area (Å²) in [6, 6.07) is 5.99. The molecular formula is C13H18N2O4. The van der Waals surface area contributed by atoms with E-state index in [0.29, 0.717) is 6.54 Å². The highest BCUT2D eigenvalue weighted by Crippen LogP contribution is 2.04. The lowest BCUT2D eigenvalue weighted by Gasteiger charge is -2.19. The van der Waals surface area contributed by atoms with Gasteiger partial charge in [0.15, 0.2) is 0 Å². The maximum Gasteiger partial charge on any atom is 0.335 e. The first kappa shape index (κ1) is 15.0. The smallest absolute Gasteiger partial charge is 0.335 e. The number of carboxylic acid groups (broad SMARTS) is 1. The normalized spacial score (nSPS) is 11.7. The number of aromatic carboxylic acids is 1. The molecule has 0 saturated carbocycles. The van der Waals surface area contributed by atoms with Crippen molar-refractivity contribution in [2.45, 2.75) is 19.6 Å². The second kappa shape index (κ2) is 6.75. The number of likely N-dealkylation sites (N-methyl/N-ethyl adjacent to an activating group) is 1. The van der Waals surface area contributed by atoms with Crippen molar-refractivity contribution in [3.05, 3.63) is 35.4 Å². The highest BCUT2D eigenvalue weighted by molar-refractivity contribution is 5.87. The molecule has 3 N–H and O–H groups in total. The Hall–Kier alpha value is -2.08. The van der Waals surface area contributed by atoms with Crippen LogP contribution in [-0.4, -0.2) is 46.8 Å². The molecule has 0 aromatic heterocycles. The first-order valence-electron chi connectivity index (χ1n) is 5.89. The largest absolute Gasteiger partial charge is 0.478 e. The first-order chi connectivity index (χ1) is 8.90. The lowest BCUT2D eigenvalue weighted by molar-refractivity contribution is 0.0697. The van der Waals surface area contributed by atoms with Gasteiger partial charge in [-0.25, -0.2) is 9.59 Å². The van der Waals surface area contributed by atoms with E-state index >= 15 is 0 Å². The summed E-state index contributed by atoms with van der Waals surface area (Å²) in [5, 5.41) is 20.6. The van der Waals surface area contributed by atoms with Crippen molar-refractivity contribution in [2.24, 2.45) is 0 Å². The van der Waals surface area contributed by atoms with E-state index in [1.54, 1.807) is 26.1 Å². The van der Waals surface area contributed by atoms with E-state index in [4.69, 9.17) is 10.2 Å². The Balaban J connectivity index is 2.48. The van der Waals surface area contributed by atoms with Gasteiger partial charge in [0.25, 0.3) is 0 Å². The molecule has 2 amide bonds. The molecule has 0 aliphatic rings. The molecule has 1 aromatic rings. The van der Waals surface area contributed by atoms with Crippen LogP contribution in [0.15, 0.2) is 24.3 Å². The number of aliphatic hydroxyl groups is 1. The van der Waals surface area contributed by atoms with Crippen LogP contribution in [0.4, 0.5) is 4.79 Å². The van der Waals surface area contributed by atoms with Crippen LogP contribution in [0, 0.1) is 0 Å². The molecule has 0 saturated heterocycles. The van der Waals surface area contributed by atoms with Crippen molar-refractivity contribution >= 4 is 12.0 Å². The average molecular weight is 266 g/mol. The summed E-state index contributed by atoms with van der Waals surface area (Å²) >= 11 is 0. The van der Waals surface area contributed by atoms with Gasteiger partial charge in [-0.2, -0.15) is 0 Å². The Kier molecular flexibility index (Phi) is 5.32. The Bertz CT molecular complexity index is 442. The number of benzene rings is 1. The number of nitrogens with zero attached hydrogens (tertiary/aromatic N) is 1. The summed E-state index contributed by atoms with van der Waals surface area (Å²) < 4.78 is 0. The van der Waals surface area contributed by atoms with Crippen molar-refractivity contribution in [1.82, 2.24) is 10.2 Å². The van der Waals surface area contributed by atoms with Gasteiger partial charge in [0, 0.05) is 20.1 Å². The van der Waals surface area contributed by atoms with Crippen LogP contribution >= 0.6 is 0 Å². The predicted molar refractivity (Wildman–Crippen MR) is 69.9 cm³/mol. The molecule has 0 fully saturated rings. The van der Waals surface area contributed by atoms with Gasteiger partial charge in [-0.15, -0.1) is 0 Å². The van der Waals surface area contributed by atoms with E-state index in [9.17, 15) is 9.59 Å². The van der Waals surface area contributed by atoms with E-state index < -0.39 is 12.1 Å². The monoisotopic (exact) mass is 266 g/mol. The number of rotatable bonds is 5. The fraction of sp³-hybridized carbons (Fsp3) is 0.385. The first-order valence-corrected chi connectivity index (χ1v) is 5.89. The number of carboxylic acids is 1. The van der Waals surface area contributed by atoms with Crippen molar-refractivity contribution in [3.8, 4) is 0 Å². The molecule has 1 aromatic carbocycles. The second-order valence-electron chi connectivity index (χ2n) is 4.39. The van der Waals surface area contributed by atoms with Crippen molar-refractivity contribution < 1.29 is 19.8 Å². The fourth-order valence-corrected chi connectivity index (χ4v) is 1.56. The van der Waals surface area contributed by atoms with Crippen LogP contribution < -0.4 is 5.32 Å². The quantitative estimate of drug-likeness (QED) is 0.739. The van der Waals surface area contributed by atoms with Gasteiger partial charge in [0.2, 0.25) is 0 Å². The molecule has 6 heteroatoms. The van der Waals surface area contributed by atoms with E-state index in [0.717, 1.165) is 5.56 Å². The second-order valence-corrected chi connectivity index (χ2v) is 4.39. The van der Waals surface area contributed by atoms with E-state index in [1.807, 2.05) is 0 Å². The van der Waals surface area contributed by atoms with Gasteiger partial charge >= 0.3 is 12.0 Å². The average Bonchev–Trinajstić information content (AvgIpc) is 2.35. The summed E-state index contributed by atoms with van der Waals surface area (Å²) in [5.41, 5.74) is 1.02. The molecule has 19 heavy (non-hydrogen) atoms. The number of hydrogen-bond donors (Lipinski definition) is 3. The molecule has 104 valence electrons. The number of urea groups is 1. The van der Waals surface area contributed by atoms with Crippen molar-refractivity contribution in [2.75, 3.05) is 13.6 Å². The Morgan fingerprint density at radius 3 is 2.37 bits per heavy atom. The predicted octanol–water partition coefficient (Wildman–Crippen LogP) is 0.907. The number of nitrogens with one attached hydrogen (secondary N) is 1. The zero-order valence-corrected chi connectivity index (χ0v) is 11.0. The molecule has 0 bridgehead atoms. The summed E-state index contributed by atoms with van der Waals surface area (Å²) in [7, 11) is 1.59. The van der Waals surface area contributed by atoms with Crippen LogP contribution in [0.3, 0.4) is 0 Å². The standard InChI is InChI=1S/C13H18N2O4/c1-9(16)8-15(2)13(19)14-7-10-3-5-11(6-4-10)12(17)18/h3-6,9,16H,7-8H2,1-2H3,(H,14,19)(H,17,18).